The normalized spacial score (nSPS) is 16.6. The number of carbonyl (C=O) groups is 1. The first-order valence-electron chi connectivity index (χ1n) is 5.58. The highest BCUT2D eigenvalue weighted by Gasteiger charge is 2.28. The second-order valence-electron chi connectivity index (χ2n) is 4.32. The van der Waals surface area contributed by atoms with Gasteiger partial charge in [0.15, 0.2) is 0 Å². The number of benzene rings is 1. The number of nitrogen functional groups attached to an aromatic ring is 1. The molecule has 1 aromatic rings. The van der Waals surface area contributed by atoms with E-state index >= 15 is 0 Å². The fourth-order valence-electron chi connectivity index (χ4n) is 1.72. The first kappa shape index (κ1) is 11.0. The quantitative estimate of drug-likeness (QED) is 0.531. The van der Waals surface area contributed by atoms with Gasteiger partial charge in [-0.05, 0) is 49.9 Å². The number of hydrogen-bond acceptors (Lipinski definition) is 3. The highest BCUT2D eigenvalue weighted by atomic mass is 16.1. The lowest BCUT2D eigenvalue weighted by Crippen LogP contribution is -2.33. The van der Waals surface area contributed by atoms with Crippen LogP contribution in [0.1, 0.15) is 30.1 Å². The summed E-state index contributed by atoms with van der Waals surface area (Å²) in [6, 6.07) is 7.39. The summed E-state index contributed by atoms with van der Waals surface area (Å²) < 4.78 is 0. The number of nitrogens with two attached hydrogens (primary N) is 1. The lowest BCUT2D eigenvalue weighted by atomic mass is 10.1. The SMILES string of the molecule is CC(NC(=O)c1ccc(NN)cc1)C1CC1. The number of hydrogen-bond donors (Lipinski definition) is 3. The minimum absolute atomic E-state index is 0.0111. The van der Waals surface area contributed by atoms with Crippen molar-refractivity contribution in [2.75, 3.05) is 5.43 Å². The van der Waals surface area contributed by atoms with Crippen LogP contribution in [-0.4, -0.2) is 11.9 Å². The number of anilines is 1. The molecule has 1 fully saturated rings. The average molecular weight is 219 g/mol. The van der Waals surface area contributed by atoms with E-state index in [2.05, 4.69) is 17.7 Å². The summed E-state index contributed by atoms with van der Waals surface area (Å²) in [6.45, 7) is 2.06. The van der Waals surface area contributed by atoms with Crippen molar-refractivity contribution in [3.63, 3.8) is 0 Å². The lowest BCUT2D eigenvalue weighted by Gasteiger charge is -2.12. The maximum absolute atomic E-state index is 11.8. The van der Waals surface area contributed by atoms with E-state index in [1.54, 1.807) is 24.3 Å². The van der Waals surface area contributed by atoms with Crippen molar-refractivity contribution >= 4 is 11.6 Å². The van der Waals surface area contributed by atoms with Gasteiger partial charge in [-0.2, -0.15) is 0 Å². The largest absolute Gasteiger partial charge is 0.349 e. The summed E-state index contributed by atoms with van der Waals surface area (Å²) in [4.78, 5) is 11.8. The molecule has 0 heterocycles. The molecule has 0 radical (unpaired) electrons. The van der Waals surface area contributed by atoms with Crippen LogP contribution in [0, 0.1) is 5.92 Å². The van der Waals surface area contributed by atoms with Crippen LogP contribution in [-0.2, 0) is 0 Å². The predicted octanol–water partition coefficient (Wildman–Crippen LogP) is 1.50. The van der Waals surface area contributed by atoms with Crippen molar-refractivity contribution in [1.29, 1.82) is 0 Å². The Labute approximate surface area is 95.2 Å². The van der Waals surface area contributed by atoms with Gasteiger partial charge in [0, 0.05) is 17.3 Å². The molecule has 1 saturated carbocycles. The topological polar surface area (TPSA) is 67.2 Å². The Morgan fingerprint density at radius 3 is 2.50 bits per heavy atom. The molecule has 1 aliphatic carbocycles. The van der Waals surface area contributed by atoms with Gasteiger partial charge in [-0.25, -0.2) is 0 Å². The van der Waals surface area contributed by atoms with Crippen molar-refractivity contribution < 1.29 is 4.79 Å². The van der Waals surface area contributed by atoms with Gasteiger partial charge in [-0.1, -0.05) is 0 Å². The molecule has 0 aromatic heterocycles. The Bertz CT molecular complexity index is 370. The number of amides is 1. The van der Waals surface area contributed by atoms with Gasteiger partial charge in [-0.15, -0.1) is 0 Å². The maximum atomic E-state index is 11.8. The van der Waals surface area contributed by atoms with E-state index < -0.39 is 0 Å². The van der Waals surface area contributed by atoms with E-state index in [9.17, 15) is 4.79 Å². The molecule has 4 nitrogen and oxygen atoms in total. The smallest absolute Gasteiger partial charge is 0.251 e. The Morgan fingerprint density at radius 1 is 1.38 bits per heavy atom. The van der Waals surface area contributed by atoms with Gasteiger partial charge < -0.3 is 10.7 Å². The molecule has 0 spiro atoms. The van der Waals surface area contributed by atoms with Crippen molar-refractivity contribution in [2.45, 2.75) is 25.8 Å². The van der Waals surface area contributed by atoms with Gasteiger partial charge in [0.25, 0.3) is 5.91 Å². The zero-order valence-corrected chi connectivity index (χ0v) is 9.36. The van der Waals surface area contributed by atoms with E-state index in [1.807, 2.05) is 0 Å². The molecule has 1 amide bonds. The summed E-state index contributed by atoms with van der Waals surface area (Å²) >= 11 is 0. The number of carbonyl (C=O) groups excluding carboxylic acids is 1. The van der Waals surface area contributed by atoms with Crippen LogP contribution < -0.4 is 16.6 Å². The monoisotopic (exact) mass is 219 g/mol. The van der Waals surface area contributed by atoms with Crippen molar-refractivity contribution in [3.05, 3.63) is 29.8 Å². The highest BCUT2D eigenvalue weighted by Crippen LogP contribution is 2.32. The number of hydrazine groups is 1. The Balaban J connectivity index is 1.96. The third-order valence-electron chi connectivity index (χ3n) is 3.00. The summed E-state index contributed by atoms with van der Waals surface area (Å²) in [6.07, 6.45) is 2.47. The number of rotatable bonds is 4. The van der Waals surface area contributed by atoms with Gasteiger partial charge >= 0.3 is 0 Å². The van der Waals surface area contributed by atoms with Gasteiger partial charge in [0.2, 0.25) is 0 Å². The standard InChI is InChI=1S/C12H17N3O/c1-8(9-2-3-9)14-12(16)10-4-6-11(15-13)7-5-10/h4-9,15H,2-3,13H2,1H3,(H,14,16). The first-order valence-corrected chi connectivity index (χ1v) is 5.58. The summed E-state index contributed by atoms with van der Waals surface area (Å²) in [5, 5.41) is 3.00. The molecular formula is C12H17N3O. The second kappa shape index (κ2) is 4.53. The number of nitrogens with one attached hydrogen (secondary N) is 2. The van der Waals surface area contributed by atoms with Crippen LogP contribution in [0.2, 0.25) is 0 Å². The molecule has 1 aromatic carbocycles. The van der Waals surface area contributed by atoms with Crippen LogP contribution in [0.25, 0.3) is 0 Å². The van der Waals surface area contributed by atoms with Crippen LogP contribution in [0.5, 0.6) is 0 Å². The van der Waals surface area contributed by atoms with Gasteiger partial charge in [0.1, 0.15) is 0 Å². The molecule has 2 rings (SSSR count). The summed E-state index contributed by atoms with van der Waals surface area (Å²) in [5.41, 5.74) is 4.00. The second-order valence-corrected chi connectivity index (χ2v) is 4.32. The zero-order valence-electron chi connectivity index (χ0n) is 9.36. The summed E-state index contributed by atoms with van der Waals surface area (Å²) in [5.74, 6) is 5.92. The molecule has 0 aliphatic heterocycles. The lowest BCUT2D eigenvalue weighted by molar-refractivity contribution is 0.0936. The van der Waals surface area contributed by atoms with Crippen LogP contribution >= 0.6 is 0 Å². The Hall–Kier alpha value is -1.55. The molecule has 0 bridgehead atoms. The Kier molecular flexibility index (Phi) is 3.10. The molecule has 1 atom stereocenters. The molecule has 86 valence electrons. The van der Waals surface area contributed by atoms with Crippen LogP contribution in [0.3, 0.4) is 0 Å². The molecule has 1 unspecified atom stereocenters. The van der Waals surface area contributed by atoms with E-state index in [1.165, 1.54) is 12.8 Å². The highest BCUT2D eigenvalue weighted by molar-refractivity contribution is 5.94. The van der Waals surface area contributed by atoms with Gasteiger partial charge in [0.05, 0.1) is 0 Å². The maximum Gasteiger partial charge on any atom is 0.251 e. The first-order chi connectivity index (χ1) is 7.70. The Morgan fingerprint density at radius 2 is 2.00 bits per heavy atom. The molecule has 16 heavy (non-hydrogen) atoms. The van der Waals surface area contributed by atoms with Crippen LogP contribution in [0.4, 0.5) is 5.69 Å². The molecule has 4 heteroatoms. The third-order valence-corrected chi connectivity index (χ3v) is 3.00. The third kappa shape index (κ3) is 2.52. The predicted molar refractivity (Wildman–Crippen MR) is 63.9 cm³/mol. The van der Waals surface area contributed by atoms with Crippen molar-refractivity contribution in [3.8, 4) is 0 Å². The fraction of sp³-hybridized carbons (Fsp3) is 0.417. The average Bonchev–Trinajstić information content (AvgIpc) is 3.13. The minimum atomic E-state index is -0.0111. The van der Waals surface area contributed by atoms with Crippen molar-refractivity contribution in [1.82, 2.24) is 5.32 Å². The van der Waals surface area contributed by atoms with E-state index in [4.69, 9.17) is 5.84 Å². The van der Waals surface area contributed by atoms with Gasteiger partial charge in [-0.3, -0.25) is 10.6 Å². The van der Waals surface area contributed by atoms with Crippen molar-refractivity contribution in [2.24, 2.45) is 11.8 Å². The van der Waals surface area contributed by atoms with E-state index in [-0.39, 0.29) is 11.9 Å². The summed E-state index contributed by atoms with van der Waals surface area (Å²) in [7, 11) is 0. The zero-order chi connectivity index (χ0) is 11.5. The molecule has 4 N–H and O–H groups in total. The minimum Gasteiger partial charge on any atom is -0.349 e. The van der Waals surface area contributed by atoms with E-state index in [0.717, 1.165) is 5.69 Å². The fourth-order valence-corrected chi connectivity index (χ4v) is 1.72. The molecule has 0 saturated heterocycles. The van der Waals surface area contributed by atoms with Crippen LogP contribution in [0.15, 0.2) is 24.3 Å². The van der Waals surface area contributed by atoms with E-state index in [0.29, 0.717) is 11.5 Å². The molecular weight excluding hydrogens is 202 g/mol. The molecule has 1 aliphatic rings.